The van der Waals surface area contributed by atoms with Gasteiger partial charge in [0.05, 0.1) is 17.6 Å². The molecule has 0 saturated carbocycles. The van der Waals surface area contributed by atoms with Crippen LogP contribution in [0.25, 0.3) is 0 Å². The van der Waals surface area contributed by atoms with E-state index in [2.05, 4.69) is 0 Å². The van der Waals surface area contributed by atoms with Crippen LogP contribution in [-0.4, -0.2) is 44.4 Å². The predicted molar refractivity (Wildman–Crippen MR) is 73.7 cm³/mol. The normalized spacial score (nSPS) is 20.8. The molecule has 0 aliphatic carbocycles. The summed E-state index contributed by atoms with van der Waals surface area (Å²) in [7, 11) is -3.55. The molecular formula is C13H18N2O4S. The summed E-state index contributed by atoms with van der Waals surface area (Å²) in [4.78, 5) is 11.2. The van der Waals surface area contributed by atoms with Crippen LogP contribution in [0.4, 0.5) is 0 Å². The molecule has 2 rings (SSSR count). The van der Waals surface area contributed by atoms with E-state index in [1.807, 2.05) is 6.92 Å². The zero-order chi connectivity index (χ0) is 14.8. The Morgan fingerprint density at radius 1 is 1.40 bits per heavy atom. The monoisotopic (exact) mass is 298 g/mol. The standard InChI is InChI=1S/C13H18N2O4S/c1-2-11-9-15(7-8-19-11)20(17,18)12-5-3-10(4-6-12)13(14)16/h3-6,11H,2,7-9H2,1H3,(H2,14,16)/t11-/m0/s1. The first kappa shape index (κ1) is 15.0. The van der Waals surface area contributed by atoms with Gasteiger partial charge in [-0.25, -0.2) is 8.42 Å². The van der Waals surface area contributed by atoms with Gasteiger partial charge in [0.15, 0.2) is 0 Å². The number of primary amides is 1. The van der Waals surface area contributed by atoms with E-state index in [1.54, 1.807) is 0 Å². The van der Waals surface area contributed by atoms with Gasteiger partial charge in [-0.15, -0.1) is 0 Å². The maximum Gasteiger partial charge on any atom is 0.248 e. The van der Waals surface area contributed by atoms with Crippen molar-refractivity contribution in [2.45, 2.75) is 24.3 Å². The number of sulfonamides is 1. The lowest BCUT2D eigenvalue weighted by atomic mass is 10.2. The van der Waals surface area contributed by atoms with Gasteiger partial charge in [-0.1, -0.05) is 6.92 Å². The van der Waals surface area contributed by atoms with Crippen molar-refractivity contribution in [2.75, 3.05) is 19.7 Å². The van der Waals surface area contributed by atoms with Crippen molar-refractivity contribution in [2.24, 2.45) is 5.73 Å². The molecular weight excluding hydrogens is 280 g/mol. The lowest BCUT2D eigenvalue weighted by molar-refractivity contribution is -0.00277. The quantitative estimate of drug-likeness (QED) is 0.880. The molecule has 1 atom stereocenters. The number of nitrogens with zero attached hydrogens (tertiary/aromatic N) is 1. The fourth-order valence-corrected chi connectivity index (χ4v) is 3.55. The first-order chi connectivity index (χ1) is 9.45. The Morgan fingerprint density at radius 3 is 2.60 bits per heavy atom. The number of nitrogens with two attached hydrogens (primary N) is 1. The highest BCUT2D eigenvalue weighted by atomic mass is 32.2. The summed E-state index contributed by atoms with van der Waals surface area (Å²) in [6, 6.07) is 5.66. The Kier molecular flexibility index (Phi) is 4.42. The van der Waals surface area contributed by atoms with E-state index in [4.69, 9.17) is 10.5 Å². The fourth-order valence-electron chi connectivity index (χ4n) is 2.10. The smallest absolute Gasteiger partial charge is 0.248 e. The third-order valence-corrected chi connectivity index (χ3v) is 5.21. The molecule has 2 N–H and O–H groups in total. The highest BCUT2D eigenvalue weighted by Gasteiger charge is 2.30. The summed E-state index contributed by atoms with van der Waals surface area (Å²) in [6.07, 6.45) is 0.704. The van der Waals surface area contributed by atoms with Crippen molar-refractivity contribution in [1.29, 1.82) is 0 Å². The van der Waals surface area contributed by atoms with Crippen LogP contribution in [0.2, 0.25) is 0 Å². The maximum absolute atomic E-state index is 12.5. The highest BCUT2D eigenvalue weighted by molar-refractivity contribution is 7.89. The third-order valence-electron chi connectivity index (χ3n) is 3.33. The average molecular weight is 298 g/mol. The fraction of sp³-hybridized carbons (Fsp3) is 0.462. The number of hydrogen-bond acceptors (Lipinski definition) is 4. The van der Waals surface area contributed by atoms with Crippen LogP contribution >= 0.6 is 0 Å². The van der Waals surface area contributed by atoms with E-state index < -0.39 is 15.9 Å². The van der Waals surface area contributed by atoms with E-state index in [9.17, 15) is 13.2 Å². The molecule has 20 heavy (non-hydrogen) atoms. The zero-order valence-electron chi connectivity index (χ0n) is 11.3. The molecule has 1 aromatic rings. The SMILES string of the molecule is CC[C@H]1CN(S(=O)(=O)c2ccc(C(N)=O)cc2)CCO1. The van der Waals surface area contributed by atoms with E-state index in [0.717, 1.165) is 6.42 Å². The summed E-state index contributed by atoms with van der Waals surface area (Å²) < 4.78 is 31.9. The summed E-state index contributed by atoms with van der Waals surface area (Å²) in [5.41, 5.74) is 5.43. The van der Waals surface area contributed by atoms with Crippen molar-refractivity contribution >= 4 is 15.9 Å². The molecule has 0 radical (unpaired) electrons. The zero-order valence-corrected chi connectivity index (χ0v) is 12.1. The number of hydrogen-bond donors (Lipinski definition) is 1. The lowest BCUT2D eigenvalue weighted by Gasteiger charge is -2.31. The number of morpholine rings is 1. The second-order valence-corrected chi connectivity index (χ2v) is 6.59. The van der Waals surface area contributed by atoms with Crippen LogP contribution in [0.3, 0.4) is 0 Å². The lowest BCUT2D eigenvalue weighted by Crippen LogP contribution is -2.45. The van der Waals surface area contributed by atoms with Gasteiger partial charge in [-0.2, -0.15) is 4.31 Å². The first-order valence-electron chi connectivity index (χ1n) is 6.46. The molecule has 1 heterocycles. The van der Waals surface area contributed by atoms with Gasteiger partial charge in [0.25, 0.3) is 0 Å². The summed E-state index contributed by atoms with van der Waals surface area (Å²) in [5, 5.41) is 0. The number of rotatable bonds is 4. The number of amides is 1. The Bertz CT molecular complexity index is 583. The molecule has 6 nitrogen and oxygen atoms in total. The van der Waals surface area contributed by atoms with Gasteiger partial charge in [0.2, 0.25) is 15.9 Å². The topological polar surface area (TPSA) is 89.7 Å². The molecule has 0 bridgehead atoms. The summed E-state index contributed by atoms with van der Waals surface area (Å²) >= 11 is 0. The number of ether oxygens (including phenoxy) is 1. The predicted octanol–water partition coefficient (Wildman–Crippen LogP) is 0.585. The van der Waals surface area contributed by atoms with Crippen LogP contribution < -0.4 is 5.73 Å². The molecule has 1 fully saturated rings. The first-order valence-corrected chi connectivity index (χ1v) is 7.90. The summed E-state index contributed by atoms with van der Waals surface area (Å²) in [6.45, 7) is 3.06. The number of carbonyl (C=O) groups is 1. The Balaban J connectivity index is 2.23. The molecule has 1 aliphatic rings. The van der Waals surface area contributed by atoms with E-state index in [1.165, 1.54) is 28.6 Å². The molecule has 7 heteroatoms. The summed E-state index contributed by atoms with van der Waals surface area (Å²) in [5.74, 6) is -0.577. The van der Waals surface area contributed by atoms with Crippen LogP contribution in [-0.2, 0) is 14.8 Å². The second kappa shape index (κ2) is 5.90. The minimum Gasteiger partial charge on any atom is -0.375 e. The minimum absolute atomic E-state index is 0.0663. The van der Waals surface area contributed by atoms with Gasteiger partial charge in [0.1, 0.15) is 0 Å². The van der Waals surface area contributed by atoms with Crippen LogP contribution in [0.15, 0.2) is 29.2 Å². The van der Waals surface area contributed by atoms with Crippen LogP contribution in [0.5, 0.6) is 0 Å². The van der Waals surface area contributed by atoms with Crippen LogP contribution in [0.1, 0.15) is 23.7 Å². The largest absolute Gasteiger partial charge is 0.375 e. The highest BCUT2D eigenvalue weighted by Crippen LogP contribution is 2.20. The van der Waals surface area contributed by atoms with Crippen molar-refractivity contribution < 1.29 is 17.9 Å². The van der Waals surface area contributed by atoms with E-state index >= 15 is 0 Å². The molecule has 1 aliphatic heterocycles. The molecule has 0 unspecified atom stereocenters. The molecule has 1 amide bonds. The molecule has 110 valence electrons. The Hall–Kier alpha value is -1.44. The maximum atomic E-state index is 12.5. The van der Waals surface area contributed by atoms with Gasteiger partial charge in [0, 0.05) is 18.7 Å². The van der Waals surface area contributed by atoms with Gasteiger partial charge in [-0.05, 0) is 30.7 Å². The number of carbonyl (C=O) groups excluding carboxylic acids is 1. The third kappa shape index (κ3) is 3.00. The average Bonchev–Trinajstić information content (AvgIpc) is 2.47. The van der Waals surface area contributed by atoms with Gasteiger partial charge in [-0.3, -0.25) is 4.79 Å². The van der Waals surface area contributed by atoms with Crippen LogP contribution in [0, 0.1) is 0 Å². The van der Waals surface area contributed by atoms with Crippen molar-refractivity contribution in [1.82, 2.24) is 4.31 Å². The molecule has 1 aromatic carbocycles. The number of benzene rings is 1. The van der Waals surface area contributed by atoms with Crippen molar-refractivity contribution in [3.8, 4) is 0 Å². The van der Waals surface area contributed by atoms with E-state index in [-0.39, 0.29) is 16.6 Å². The molecule has 0 aromatic heterocycles. The van der Waals surface area contributed by atoms with E-state index in [0.29, 0.717) is 19.7 Å². The molecule has 1 saturated heterocycles. The second-order valence-electron chi connectivity index (χ2n) is 4.65. The van der Waals surface area contributed by atoms with Crippen molar-refractivity contribution in [3.63, 3.8) is 0 Å². The van der Waals surface area contributed by atoms with Gasteiger partial charge < -0.3 is 10.5 Å². The molecule has 0 spiro atoms. The van der Waals surface area contributed by atoms with Gasteiger partial charge >= 0.3 is 0 Å². The minimum atomic E-state index is -3.55. The Morgan fingerprint density at radius 2 is 2.05 bits per heavy atom. The van der Waals surface area contributed by atoms with Crippen molar-refractivity contribution in [3.05, 3.63) is 29.8 Å². The Labute approximate surface area is 118 Å².